The second-order valence-electron chi connectivity index (χ2n) is 5.41. The summed E-state index contributed by atoms with van der Waals surface area (Å²) < 4.78 is 19.4. The van der Waals surface area contributed by atoms with Crippen LogP contribution in [-0.4, -0.2) is 17.9 Å². The average Bonchev–Trinajstić information content (AvgIpc) is 2.99. The Bertz CT molecular complexity index is 863. The summed E-state index contributed by atoms with van der Waals surface area (Å²) in [6.07, 6.45) is 2.99. The van der Waals surface area contributed by atoms with E-state index >= 15 is 0 Å². The Labute approximate surface area is 143 Å². The second kappa shape index (κ2) is 6.89. The van der Waals surface area contributed by atoms with Gasteiger partial charge in [0.15, 0.2) is 0 Å². The molecule has 2 aromatic carbocycles. The van der Waals surface area contributed by atoms with Gasteiger partial charge in [-0.05, 0) is 30.3 Å². The molecule has 0 radical (unpaired) electrons. The highest BCUT2D eigenvalue weighted by Crippen LogP contribution is 2.21. The first kappa shape index (κ1) is 16.3. The SMILES string of the molecule is CN(Cc1c(F)cccc1Cl)C(=O)/C=C/c1cc2ccccc2o1. The fourth-order valence-corrected chi connectivity index (χ4v) is 2.59. The van der Waals surface area contributed by atoms with Gasteiger partial charge >= 0.3 is 0 Å². The molecule has 3 rings (SSSR count). The topological polar surface area (TPSA) is 33.5 Å². The molecule has 5 heteroatoms. The summed E-state index contributed by atoms with van der Waals surface area (Å²) in [5, 5.41) is 1.27. The minimum atomic E-state index is -0.427. The number of carbonyl (C=O) groups excluding carboxylic acids is 1. The lowest BCUT2D eigenvalue weighted by Crippen LogP contribution is -2.24. The second-order valence-corrected chi connectivity index (χ2v) is 5.82. The normalized spacial score (nSPS) is 11.3. The number of rotatable bonds is 4. The molecule has 0 aliphatic rings. The monoisotopic (exact) mass is 343 g/mol. The van der Waals surface area contributed by atoms with Crippen LogP contribution in [0.25, 0.3) is 17.0 Å². The lowest BCUT2D eigenvalue weighted by Gasteiger charge is -2.16. The summed E-state index contributed by atoms with van der Waals surface area (Å²) >= 11 is 5.99. The molecule has 1 aromatic heterocycles. The van der Waals surface area contributed by atoms with Gasteiger partial charge in [0.25, 0.3) is 0 Å². The third-order valence-electron chi connectivity index (χ3n) is 3.67. The Hall–Kier alpha value is -2.59. The number of hydrogen-bond donors (Lipinski definition) is 0. The molecule has 0 unspecified atom stereocenters. The van der Waals surface area contributed by atoms with E-state index in [1.165, 1.54) is 23.1 Å². The Morgan fingerprint density at radius 3 is 2.79 bits per heavy atom. The number of benzene rings is 2. The third-order valence-corrected chi connectivity index (χ3v) is 4.02. The number of para-hydroxylation sites is 1. The Morgan fingerprint density at radius 2 is 2.04 bits per heavy atom. The molecule has 1 amide bonds. The van der Waals surface area contributed by atoms with Gasteiger partial charge in [0.2, 0.25) is 5.91 Å². The van der Waals surface area contributed by atoms with E-state index in [1.807, 2.05) is 30.3 Å². The molecule has 24 heavy (non-hydrogen) atoms. The molecule has 122 valence electrons. The summed E-state index contributed by atoms with van der Waals surface area (Å²) in [5.74, 6) is -0.111. The number of likely N-dealkylation sites (N-methyl/N-ethyl adjacent to an activating group) is 1. The van der Waals surface area contributed by atoms with Crippen molar-refractivity contribution in [1.82, 2.24) is 4.90 Å². The molecule has 3 aromatic rings. The summed E-state index contributed by atoms with van der Waals surface area (Å²) in [6.45, 7) is 0.0921. The highest BCUT2D eigenvalue weighted by molar-refractivity contribution is 6.31. The van der Waals surface area contributed by atoms with Crippen molar-refractivity contribution in [3.8, 4) is 0 Å². The number of hydrogen-bond acceptors (Lipinski definition) is 2. The first-order chi connectivity index (χ1) is 11.5. The fourth-order valence-electron chi connectivity index (χ4n) is 2.36. The number of halogens is 2. The predicted molar refractivity (Wildman–Crippen MR) is 93.1 cm³/mol. The van der Waals surface area contributed by atoms with E-state index in [9.17, 15) is 9.18 Å². The molecule has 0 fully saturated rings. The maximum absolute atomic E-state index is 13.8. The van der Waals surface area contributed by atoms with E-state index in [1.54, 1.807) is 19.2 Å². The maximum Gasteiger partial charge on any atom is 0.246 e. The quantitative estimate of drug-likeness (QED) is 0.631. The van der Waals surface area contributed by atoms with Crippen molar-refractivity contribution >= 4 is 34.6 Å². The van der Waals surface area contributed by atoms with Crippen molar-refractivity contribution in [3.63, 3.8) is 0 Å². The minimum Gasteiger partial charge on any atom is -0.457 e. The van der Waals surface area contributed by atoms with Crippen molar-refractivity contribution in [3.05, 3.63) is 76.8 Å². The fraction of sp³-hybridized carbons (Fsp3) is 0.105. The van der Waals surface area contributed by atoms with Crippen LogP contribution in [-0.2, 0) is 11.3 Å². The molecule has 0 bridgehead atoms. The van der Waals surface area contributed by atoms with Crippen LogP contribution in [0.2, 0.25) is 5.02 Å². The van der Waals surface area contributed by atoms with Gasteiger partial charge in [0.1, 0.15) is 17.2 Å². The van der Waals surface area contributed by atoms with Crippen LogP contribution in [0.1, 0.15) is 11.3 Å². The molecular formula is C19H15ClFNO2. The first-order valence-electron chi connectivity index (χ1n) is 7.39. The molecule has 0 saturated heterocycles. The molecule has 0 aliphatic carbocycles. The van der Waals surface area contributed by atoms with Gasteiger partial charge in [-0.2, -0.15) is 0 Å². The molecule has 0 spiro atoms. The summed E-state index contributed by atoms with van der Waals surface area (Å²) in [5.41, 5.74) is 1.06. The van der Waals surface area contributed by atoms with E-state index in [0.29, 0.717) is 16.3 Å². The van der Waals surface area contributed by atoms with Gasteiger partial charge in [-0.25, -0.2) is 4.39 Å². The molecule has 0 atom stereocenters. The number of fused-ring (bicyclic) bond motifs is 1. The van der Waals surface area contributed by atoms with Gasteiger partial charge in [0, 0.05) is 35.6 Å². The smallest absolute Gasteiger partial charge is 0.246 e. The van der Waals surface area contributed by atoms with Crippen LogP contribution in [0.15, 0.2) is 59.0 Å². The highest BCUT2D eigenvalue weighted by atomic mass is 35.5. The van der Waals surface area contributed by atoms with Gasteiger partial charge in [-0.3, -0.25) is 4.79 Å². The minimum absolute atomic E-state index is 0.0921. The largest absolute Gasteiger partial charge is 0.457 e. The molecule has 0 saturated carbocycles. The lowest BCUT2D eigenvalue weighted by atomic mass is 10.2. The Balaban J connectivity index is 1.71. The lowest BCUT2D eigenvalue weighted by molar-refractivity contribution is -0.125. The molecule has 3 nitrogen and oxygen atoms in total. The zero-order chi connectivity index (χ0) is 17.1. The summed E-state index contributed by atoms with van der Waals surface area (Å²) in [4.78, 5) is 13.6. The van der Waals surface area contributed by atoms with Crippen LogP contribution < -0.4 is 0 Å². The van der Waals surface area contributed by atoms with Crippen LogP contribution in [0.5, 0.6) is 0 Å². The van der Waals surface area contributed by atoms with Gasteiger partial charge in [-0.15, -0.1) is 0 Å². The van der Waals surface area contributed by atoms with Crippen molar-refractivity contribution in [2.75, 3.05) is 7.05 Å². The standard InChI is InChI=1S/C19H15ClFNO2/c1-22(12-15-16(20)6-4-7-17(15)21)19(23)10-9-14-11-13-5-2-3-8-18(13)24-14/h2-11H,12H2,1H3/b10-9+. The molecule has 1 heterocycles. The predicted octanol–water partition coefficient (Wildman–Crippen LogP) is 4.90. The Morgan fingerprint density at radius 1 is 1.25 bits per heavy atom. The van der Waals surface area contributed by atoms with Crippen LogP contribution >= 0.6 is 11.6 Å². The van der Waals surface area contributed by atoms with Gasteiger partial charge in [0.05, 0.1) is 0 Å². The number of carbonyl (C=O) groups is 1. The van der Waals surface area contributed by atoms with Crippen LogP contribution in [0.4, 0.5) is 4.39 Å². The van der Waals surface area contributed by atoms with Crippen molar-refractivity contribution in [2.24, 2.45) is 0 Å². The average molecular weight is 344 g/mol. The first-order valence-corrected chi connectivity index (χ1v) is 7.77. The van der Waals surface area contributed by atoms with E-state index < -0.39 is 5.82 Å². The van der Waals surface area contributed by atoms with Crippen molar-refractivity contribution in [1.29, 1.82) is 0 Å². The van der Waals surface area contributed by atoms with E-state index in [0.717, 1.165) is 11.0 Å². The number of amides is 1. The summed E-state index contributed by atoms with van der Waals surface area (Å²) in [6, 6.07) is 13.9. The van der Waals surface area contributed by atoms with Gasteiger partial charge < -0.3 is 9.32 Å². The number of furan rings is 1. The van der Waals surface area contributed by atoms with Crippen LogP contribution in [0.3, 0.4) is 0 Å². The molecule has 0 N–H and O–H groups in total. The van der Waals surface area contributed by atoms with Crippen LogP contribution in [0, 0.1) is 5.82 Å². The van der Waals surface area contributed by atoms with Crippen molar-refractivity contribution < 1.29 is 13.6 Å². The summed E-state index contributed by atoms with van der Waals surface area (Å²) in [7, 11) is 1.59. The van der Waals surface area contributed by atoms with Crippen molar-refractivity contribution in [2.45, 2.75) is 6.54 Å². The third kappa shape index (κ3) is 3.49. The highest BCUT2D eigenvalue weighted by Gasteiger charge is 2.12. The van der Waals surface area contributed by atoms with Gasteiger partial charge in [-0.1, -0.05) is 35.9 Å². The van der Waals surface area contributed by atoms with E-state index in [-0.39, 0.29) is 12.5 Å². The molecular weight excluding hydrogens is 329 g/mol. The zero-order valence-electron chi connectivity index (χ0n) is 13.0. The van der Waals surface area contributed by atoms with E-state index in [4.69, 9.17) is 16.0 Å². The molecule has 0 aliphatic heterocycles. The zero-order valence-corrected chi connectivity index (χ0v) is 13.8. The van der Waals surface area contributed by atoms with E-state index in [2.05, 4.69) is 0 Å². The Kier molecular flexibility index (Phi) is 4.67. The number of nitrogens with zero attached hydrogens (tertiary/aromatic N) is 1. The maximum atomic E-state index is 13.8.